The largest absolute Gasteiger partial charge is 0.376 e. The molecule has 0 spiro atoms. The van der Waals surface area contributed by atoms with Gasteiger partial charge in [0.15, 0.2) is 5.82 Å². The van der Waals surface area contributed by atoms with Crippen molar-refractivity contribution in [2.45, 2.75) is 39.3 Å². The second-order valence-electron chi connectivity index (χ2n) is 4.76. The molecule has 0 aliphatic carbocycles. The first-order valence-electron chi connectivity index (χ1n) is 6.14. The standard InChI is InChI=1S/C13H18N4O/c1-8-9(2)15-16-13(11(8)7-14)17(4)12-5-6-18-10(12)3/h10,12H,5-6H2,1-4H3. The molecule has 0 aromatic carbocycles. The molecule has 1 aromatic heterocycles. The molecular formula is C13H18N4O. The summed E-state index contributed by atoms with van der Waals surface area (Å²) in [4.78, 5) is 2.02. The predicted molar refractivity (Wildman–Crippen MR) is 68.4 cm³/mol. The van der Waals surface area contributed by atoms with Gasteiger partial charge in [0.2, 0.25) is 0 Å². The Morgan fingerprint density at radius 1 is 1.39 bits per heavy atom. The summed E-state index contributed by atoms with van der Waals surface area (Å²) in [5.74, 6) is 0.656. The summed E-state index contributed by atoms with van der Waals surface area (Å²) >= 11 is 0. The monoisotopic (exact) mass is 246 g/mol. The molecule has 5 nitrogen and oxygen atoms in total. The van der Waals surface area contributed by atoms with Crippen LogP contribution in [0.4, 0.5) is 5.82 Å². The number of aromatic nitrogens is 2. The number of hydrogen-bond donors (Lipinski definition) is 0. The van der Waals surface area contributed by atoms with E-state index in [9.17, 15) is 5.26 Å². The number of rotatable bonds is 2. The fourth-order valence-corrected chi connectivity index (χ4v) is 2.36. The molecule has 0 N–H and O–H groups in total. The number of ether oxygens (including phenoxy) is 1. The van der Waals surface area contributed by atoms with E-state index in [-0.39, 0.29) is 12.1 Å². The summed E-state index contributed by atoms with van der Waals surface area (Å²) < 4.78 is 5.56. The van der Waals surface area contributed by atoms with Crippen molar-refractivity contribution in [3.8, 4) is 6.07 Å². The summed E-state index contributed by atoms with van der Waals surface area (Å²) in [7, 11) is 1.95. The molecule has 0 radical (unpaired) electrons. The Morgan fingerprint density at radius 3 is 2.67 bits per heavy atom. The van der Waals surface area contributed by atoms with Crippen LogP contribution in [0.3, 0.4) is 0 Å². The van der Waals surface area contributed by atoms with E-state index in [2.05, 4.69) is 23.2 Å². The molecule has 1 aliphatic heterocycles. The zero-order valence-electron chi connectivity index (χ0n) is 11.3. The van der Waals surface area contributed by atoms with E-state index >= 15 is 0 Å². The van der Waals surface area contributed by atoms with E-state index < -0.39 is 0 Å². The fraction of sp³-hybridized carbons (Fsp3) is 0.615. The molecule has 5 heteroatoms. The fourth-order valence-electron chi connectivity index (χ4n) is 2.36. The van der Waals surface area contributed by atoms with Gasteiger partial charge in [-0.15, -0.1) is 5.10 Å². The van der Waals surface area contributed by atoms with Crippen LogP contribution in [0.15, 0.2) is 0 Å². The van der Waals surface area contributed by atoms with E-state index in [0.717, 1.165) is 24.3 Å². The van der Waals surface area contributed by atoms with Crippen LogP contribution in [0.2, 0.25) is 0 Å². The number of hydrogen-bond acceptors (Lipinski definition) is 5. The molecule has 2 unspecified atom stereocenters. The molecule has 18 heavy (non-hydrogen) atoms. The molecule has 0 bridgehead atoms. The van der Waals surface area contributed by atoms with E-state index in [0.29, 0.717) is 11.4 Å². The summed E-state index contributed by atoms with van der Waals surface area (Å²) in [5, 5.41) is 17.6. The molecule has 1 fully saturated rings. The Balaban J connectivity index is 2.39. The average Bonchev–Trinajstić information content (AvgIpc) is 2.78. The topological polar surface area (TPSA) is 62.0 Å². The van der Waals surface area contributed by atoms with Gasteiger partial charge in [-0.2, -0.15) is 10.4 Å². The molecule has 1 aliphatic rings. The SMILES string of the molecule is Cc1nnc(N(C)C2CCOC2C)c(C#N)c1C. The Kier molecular flexibility index (Phi) is 3.48. The number of aryl methyl sites for hydroxylation is 1. The van der Waals surface area contributed by atoms with Crippen LogP contribution in [0.5, 0.6) is 0 Å². The zero-order valence-corrected chi connectivity index (χ0v) is 11.3. The van der Waals surface area contributed by atoms with Gasteiger partial charge >= 0.3 is 0 Å². The second-order valence-corrected chi connectivity index (χ2v) is 4.76. The zero-order chi connectivity index (χ0) is 13.3. The Hall–Kier alpha value is -1.67. The summed E-state index contributed by atoms with van der Waals surface area (Å²) in [6.45, 7) is 6.59. The number of likely N-dealkylation sites (N-methyl/N-ethyl adjacent to an activating group) is 1. The van der Waals surface area contributed by atoms with E-state index in [1.165, 1.54) is 0 Å². The van der Waals surface area contributed by atoms with Gasteiger partial charge in [-0.3, -0.25) is 0 Å². The van der Waals surface area contributed by atoms with Crippen LogP contribution in [0.1, 0.15) is 30.2 Å². The van der Waals surface area contributed by atoms with Gasteiger partial charge in [0, 0.05) is 13.7 Å². The lowest BCUT2D eigenvalue weighted by molar-refractivity contribution is 0.118. The number of nitriles is 1. The van der Waals surface area contributed by atoms with Crippen molar-refractivity contribution in [1.82, 2.24) is 10.2 Å². The highest BCUT2D eigenvalue weighted by molar-refractivity contribution is 5.57. The Labute approximate surface area is 107 Å². The molecule has 0 saturated carbocycles. The van der Waals surface area contributed by atoms with Gasteiger partial charge in [-0.05, 0) is 32.8 Å². The maximum Gasteiger partial charge on any atom is 0.169 e. The number of anilines is 1. The van der Waals surface area contributed by atoms with Crippen LogP contribution >= 0.6 is 0 Å². The molecule has 96 valence electrons. The van der Waals surface area contributed by atoms with Crippen molar-refractivity contribution >= 4 is 5.82 Å². The van der Waals surface area contributed by atoms with E-state index in [1.54, 1.807) is 0 Å². The first kappa shape index (κ1) is 12.8. The van der Waals surface area contributed by atoms with Gasteiger partial charge < -0.3 is 9.64 Å². The van der Waals surface area contributed by atoms with Crippen molar-refractivity contribution in [2.75, 3.05) is 18.6 Å². The minimum absolute atomic E-state index is 0.157. The van der Waals surface area contributed by atoms with Crippen molar-refractivity contribution in [2.24, 2.45) is 0 Å². The van der Waals surface area contributed by atoms with Gasteiger partial charge in [0.25, 0.3) is 0 Å². The maximum atomic E-state index is 9.31. The molecule has 1 aromatic rings. The van der Waals surface area contributed by atoms with Crippen molar-refractivity contribution in [3.05, 3.63) is 16.8 Å². The lowest BCUT2D eigenvalue weighted by Gasteiger charge is -2.28. The third-order valence-electron chi connectivity index (χ3n) is 3.72. The normalized spacial score (nSPS) is 22.8. The Bertz CT molecular complexity index is 494. The predicted octanol–water partition coefficient (Wildman–Crippen LogP) is 1.58. The molecular weight excluding hydrogens is 228 g/mol. The quantitative estimate of drug-likeness (QED) is 0.792. The van der Waals surface area contributed by atoms with Crippen molar-refractivity contribution in [1.29, 1.82) is 5.26 Å². The molecule has 2 atom stereocenters. The highest BCUT2D eigenvalue weighted by atomic mass is 16.5. The van der Waals surface area contributed by atoms with Crippen LogP contribution in [0, 0.1) is 25.2 Å². The van der Waals surface area contributed by atoms with Gasteiger partial charge in [0.1, 0.15) is 11.6 Å². The van der Waals surface area contributed by atoms with Crippen LogP contribution in [0.25, 0.3) is 0 Å². The third kappa shape index (κ3) is 2.04. The first-order chi connectivity index (χ1) is 8.56. The second kappa shape index (κ2) is 4.91. The third-order valence-corrected chi connectivity index (χ3v) is 3.72. The lowest BCUT2D eigenvalue weighted by Crippen LogP contribution is -2.38. The molecule has 0 amide bonds. The van der Waals surface area contributed by atoms with Gasteiger partial charge in [0.05, 0.1) is 17.8 Å². The van der Waals surface area contributed by atoms with Gasteiger partial charge in [-0.1, -0.05) is 0 Å². The molecule has 1 saturated heterocycles. The molecule has 2 rings (SSSR count). The summed E-state index contributed by atoms with van der Waals surface area (Å²) in [6.07, 6.45) is 1.11. The lowest BCUT2D eigenvalue weighted by atomic mass is 10.1. The minimum Gasteiger partial charge on any atom is -0.376 e. The van der Waals surface area contributed by atoms with Gasteiger partial charge in [-0.25, -0.2) is 0 Å². The number of nitrogens with zero attached hydrogens (tertiary/aromatic N) is 4. The van der Waals surface area contributed by atoms with Crippen molar-refractivity contribution in [3.63, 3.8) is 0 Å². The average molecular weight is 246 g/mol. The van der Waals surface area contributed by atoms with Crippen LogP contribution in [-0.2, 0) is 4.74 Å². The van der Waals surface area contributed by atoms with E-state index in [4.69, 9.17) is 4.74 Å². The highest BCUT2D eigenvalue weighted by Gasteiger charge is 2.30. The van der Waals surface area contributed by atoms with Crippen LogP contribution < -0.4 is 4.90 Å². The van der Waals surface area contributed by atoms with Crippen molar-refractivity contribution < 1.29 is 4.74 Å². The molecule has 2 heterocycles. The smallest absolute Gasteiger partial charge is 0.169 e. The van der Waals surface area contributed by atoms with E-state index in [1.807, 2.05) is 25.8 Å². The minimum atomic E-state index is 0.157. The highest BCUT2D eigenvalue weighted by Crippen LogP contribution is 2.26. The van der Waals surface area contributed by atoms with Crippen LogP contribution in [-0.4, -0.2) is 36.0 Å². The summed E-state index contributed by atoms with van der Waals surface area (Å²) in [6, 6.07) is 2.50. The Morgan fingerprint density at radius 2 is 2.11 bits per heavy atom. The first-order valence-corrected chi connectivity index (χ1v) is 6.14. The maximum absolute atomic E-state index is 9.31. The summed E-state index contributed by atoms with van der Waals surface area (Å²) in [5.41, 5.74) is 2.32.